The third kappa shape index (κ3) is 3.33. The van der Waals surface area contributed by atoms with Gasteiger partial charge in [-0.25, -0.2) is 15.0 Å². The fourth-order valence-corrected chi connectivity index (χ4v) is 2.09. The number of nitrogens with zero attached hydrogens (tertiary/aromatic N) is 3. The first-order chi connectivity index (χ1) is 10.7. The Balaban J connectivity index is 1.68. The molecule has 6 heteroatoms. The summed E-state index contributed by atoms with van der Waals surface area (Å²) < 4.78 is 5.75. The monoisotopic (exact) mass is 297 g/mol. The van der Waals surface area contributed by atoms with Crippen LogP contribution in [0.25, 0.3) is 11.2 Å². The van der Waals surface area contributed by atoms with Gasteiger partial charge < -0.3 is 15.0 Å². The van der Waals surface area contributed by atoms with Crippen LogP contribution in [-0.4, -0.2) is 26.5 Å². The summed E-state index contributed by atoms with van der Waals surface area (Å²) in [6.07, 6.45) is 3.12. The minimum atomic E-state index is 0.511. The fraction of sp³-hybridized carbons (Fsp3) is 0.312. The van der Waals surface area contributed by atoms with Crippen LogP contribution in [0.15, 0.2) is 36.9 Å². The molecular formula is C16H19N5O. The number of hydrogen-bond acceptors (Lipinski definition) is 5. The van der Waals surface area contributed by atoms with Gasteiger partial charge in [0.2, 0.25) is 0 Å². The van der Waals surface area contributed by atoms with Crippen LogP contribution in [-0.2, 0) is 6.54 Å². The number of benzene rings is 1. The second-order valence-electron chi connectivity index (χ2n) is 5.53. The van der Waals surface area contributed by atoms with Crippen molar-refractivity contribution in [2.45, 2.75) is 20.4 Å². The van der Waals surface area contributed by atoms with E-state index in [1.54, 1.807) is 6.33 Å². The van der Waals surface area contributed by atoms with Crippen molar-refractivity contribution in [1.29, 1.82) is 0 Å². The van der Waals surface area contributed by atoms with E-state index in [-0.39, 0.29) is 0 Å². The molecule has 3 aromatic rings. The molecule has 114 valence electrons. The highest BCUT2D eigenvalue weighted by atomic mass is 16.5. The van der Waals surface area contributed by atoms with Gasteiger partial charge in [-0.15, -0.1) is 0 Å². The average Bonchev–Trinajstić information content (AvgIpc) is 3.00. The topological polar surface area (TPSA) is 75.7 Å². The fourth-order valence-electron chi connectivity index (χ4n) is 2.09. The number of anilines is 1. The molecule has 22 heavy (non-hydrogen) atoms. The average molecular weight is 297 g/mol. The Morgan fingerprint density at radius 3 is 3.00 bits per heavy atom. The molecule has 0 bridgehead atoms. The molecule has 1 aromatic carbocycles. The summed E-state index contributed by atoms with van der Waals surface area (Å²) in [6.45, 7) is 5.65. The van der Waals surface area contributed by atoms with Gasteiger partial charge in [0.1, 0.15) is 17.6 Å². The number of ether oxygens (including phenoxy) is 1. The Morgan fingerprint density at radius 1 is 1.23 bits per heavy atom. The normalized spacial score (nSPS) is 11.0. The molecular weight excluding hydrogens is 278 g/mol. The van der Waals surface area contributed by atoms with E-state index in [2.05, 4.69) is 45.2 Å². The Hall–Kier alpha value is -2.63. The largest absolute Gasteiger partial charge is 0.493 e. The van der Waals surface area contributed by atoms with Crippen molar-refractivity contribution >= 4 is 17.0 Å². The van der Waals surface area contributed by atoms with E-state index in [9.17, 15) is 0 Å². The van der Waals surface area contributed by atoms with Crippen LogP contribution in [0, 0.1) is 5.92 Å². The molecule has 0 aliphatic rings. The van der Waals surface area contributed by atoms with Crippen molar-refractivity contribution in [3.05, 3.63) is 42.5 Å². The summed E-state index contributed by atoms with van der Waals surface area (Å²) in [5.74, 6) is 2.15. The van der Waals surface area contributed by atoms with Gasteiger partial charge in [0.15, 0.2) is 11.5 Å². The van der Waals surface area contributed by atoms with E-state index < -0.39 is 0 Å². The maximum atomic E-state index is 5.75. The second kappa shape index (κ2) is 6.43. The van der Waals surface area contributed by atoms with E-state index in [1.807, 2.05) is 18.2 Å². The van der Waals surface area contributed by atoms with Crippen LogP contribution < -0.4 is 10.1 Å². The van der Waals surface area contributed by atoms with Crippen molar-refractivity contribution in [3.8, 4) is 5.75 Å². The van der Waals surface area contributed by atoms with Crippen LogP contribution >= 0.6 is 0 Å². The van der Waals surface area contributed by atoms with Crippen molar-refractivity contribution in [3.63, 3.8) is 0 Å². The van der Waals surface area contributed by atoms with Crippen molar-refractivity contribution in [2.75, 3.05) is 11.9 Å². The summed E-state index contributed by atoms with van der Waals surface area (Å²) in [7, 11) is 0. The molecule has 0 fully saturated rings. The van der Waals surface area contributed by atoms with Crippen LogP contribution in [0.3, 0.4) is 0 Å². The highest BCUT2D eigenvalue weighted by Gasteiger charge is 2.05. The smallest absolute Gasteiger partial charge is 0.182 e. The van der Waals surface area contributed by atoms with Crippen LogP contribution in [0.1, 0.15) is 19.4 Å². The molecule has 0 saturated carbocycles. The zero-order chi connectivity index (χ0) is 15.4. The number of aromatic amines is 1. The summed E-state index contributed by atoms with van der Waals surface area (Å²) in [5.41, 5.74) is 2.61. The van der Waals surface area contributed by atoms with Gasteiger partial charge in [-0.05, 0) is 23.6 Å². The van der Waals surface area contributed by atoms with E-state index in [1.165, 1.54) is 6.33 Å². The Labute approximate surface area is 129 Å². The number of imidazole rings is 1. The van der Waals surface area contributed by atoms with Crippen LogP contribution in [0.4, 0.5) is 5.82 Å². The first-order valence-electron chi connectivity index (χ1n) is 7.32. The summed E-state index contributed by atoms with van der Waals surface area (Å²) >= 11 is 0. The lowest BCUT2D eigenvalue weighted by atomic mass is 10.2. The Kier molecular flexibility index (Phi) is 4.18. The Morgan fingerprint density at radius 2 is 2.14 bits per heavy atom. The lowest BCUT2D eigenvalue weighted by Gasteiger charge is -2.11. The number of rotatable bonds is 6. The first kappa shape index (κ1) is 14.3. The zero-order valence-electron chi connectivity index (χ0n) is 12.7. The molecule has 0 saturated heterocycles. The molecule has 0 amide bonds. The molecule has 2 N–H and O–H groups in total. The highest BCUT2D eigenvalue weighted by molar-refractivity contribution is 5.81. The maximum Gasteiger partial charge on any atom is 0.182 e. The summed E-state index contributed by atoms with van der Waals surface area (Å²) in [6, 6.07) is 8.07. The van der Waals surface area contributed by atoms with Gasteiger partial charge in [-0.2, -0.15) is 0 Å². The van der Waals surface area contributed by atoms with E-state index in [0.29, 0.717) is 18.1 Å². The van der Waals surface area contributed by atoms with Crippen molar-refractivity contribution in [2.24, 2.45) is 5.92 Å². The van der Waals surface area contributed by atoms with Gasteiger partial charge in [0.25, 0.3) is 0 Å². The molecule has 0 atom stereocenters. The van der Waals surface area contributed by atoms with E-state index >= 15 is 0 Å². The van der Waals surface area contributed by atoms with E-state index in [4.69, 9.17) is 4.74 Å². The SMILES string of the molecule is CC(C)COc1cccc(CNc2ncnc3nc[nH]c23)c1. The van der Waals surface area contributed by atoms with Gasteiger partial charge >= 0.3 is 0 Å². The highest BCUT2D eigenvalue weighted by Crippen LogP contribution is 2.18. The van der Waals surface area contributed by atoms with Crippen molar-refractivity contribution in [1.82, 2.24) is 19.9 Å². The lowest BCUT2D eigenvalue weighted by molar-refractivity contribution is 0.271. The maximum absolute atomic E-state index is 5.75. The lowest BCUT2D eigenvalue weighted by Crippen LogP contribution is -2.06. The Bertz CT molecular complexity index is 753. The van der Waals surface area contributed by atoms with Crippen molar-refractivity contribution < 1.29 is 4.74 Å². The molecule has 0 radical (unpaired) electrons. The van der Waals surface area contributed by atoms with Crippen LogP contribution in [0.2, 0.25) is 0 Å². The second-order valence-corrected chi connectivity index (χ2v) is 5.53. The van der Waals surface area contributed by atoms with Gasteiger partial charge in [-0.1, -0.05) is 26.0 Å². The number of nitrogens with one attached hydrogen (secondary N) is 2. The quantitative estimate of drug-likeness (QED) is 0.731. The van der Waals surface area contributed by atoms with Gasteiger partial charge in [0, 0.05) is 6.54 Å². The molecule has 6 nitrogen and oxygen atoms in total. The number of fused-ring (bicyclic) bond motifs is 1. The summed E-state index contributed by atoms with van der Waals surface area (Å²) in [5, 5.41) is 3.30. The number of aromatic nitrogens is 4. The number of H-pyrrole nitrogens is 1. The van der Waals surface area contributed by atoms with E-state index in [0.717, 1.165) is 29.3 Å². The predicted molar refractivity (Wildman–Crippen MR) is 85.8 cm³/mol. The minimum absolute atomic E-state index is 0.511. The van der Waals surface area contributed by atoms with Gasteiger partial charge in [0.05, 0.1) is 12.9 Å². The third-order valence-corrected chi connectivity index (χ3v) is 3.16. The summed E-state index contributed by atoms with van der Waals surface area (Å²) in [4.78, 5) is 15.5. The molecule has 3 rings (SSSR count). The van der Waals surface area contributed by atoms with Gasteiger partial charge in [-0.3, -0.25) is 0 Å². The molecule has 0 aliphatic heterocycles. The first-order valence-corrected chi connectivity index (χ1v) is 7.32. The minimum Gasteiger partial charge on any atom is -0.493 e. The molecule has 0 unspecified atom stereocenters. The molecule has 2 aromatic heterocycles. The van der Waals surface area contributed by atoms with Crippen LogP contribution in [0.5, 0.6) is 5.75 Å². The molecule has 2 heterocycles. The molecule has 0 aliphatic carbocycles. The third-order valence-electron chi connectivity index (χ3n) is 3.16. The number of hydrogen-bond donors (Lipinski definition) is 2. The standard InChI is InChI=1S/C16H19N5O/c1-11(2)8-22-13-5-3-4-12(6-13)7-17-15-14-16(19-9-18-14)21-10-20-15/h3-6,9-11H,7-8H2,1-2H3,(H2,17,18,19,20,21). The zero-order valence-corrected chi connectivity index (χ0v) is 12.7. The molecule has 0 spiro atoms. The predicted octanol–water partition coefficient (Wildman–Crippen LogP) is 3.00.